The minimum absolute atomic E-state index is 0. The first-order valence-electron chi connectivity index (χ1n) is 9.24. The number of nitrogens with zero attached hydrogens (tertiary/aromatic N) is 1. The molecule has 1 fully saturated rings. The number of methoxy groups -OCH3 is 4. The molecule has 10 heteroatoms. The third-order valence-corrected chi connectivity index (χ3v) is 7.01. The van der Waals surface area contributed by atoms with Gasteiger partial charge in [-0.1, -0.05) is 0 Å². The van der Waals surface area contributed by atoms with Gasteiger partial charge >= 0.3 is 0 Å². The number of sulfonamides is 1. The predicted molar refractivity (Wildman–Crippen MR) is 108 cm³/mol. The van der Waals surface area contributed by atoms with Crippen LogP contribution >= 0.6 is 0 Å². The summed E-state index contributed by atoms with van der Waals surface area (Å²) in [6, 6.07) is 10.3. The van der Waals surface area contributed by atoms with E-state index in [0.29, 0.717) is 49.2 Å². The molecule has 8 nitrogen and oxygen atoms in total. The maximum atomic E-state index is 12.9. The molecule has 0 radical (unpaired) electrons. The predicted octanol–water partition coefficient (Wildman–Crippen LogP) is -2.05. The molecule has 3 rings (SSSR count). The lowest BCUT2D eigenvalue weighted by molar-refractivity contribution is -0.837. The molecule has 0 amide bonds. The Morgan fingerprint density at radius 3 is 1.80 bits per heavy atom. The Morgan fingerprint density at radius 1 is 0.833 bits per heavy atom. The van der Waals surface area contributed by atoms with E-state index >= 15 is 0 Å². The van der Waals surface area contributed by atoms with Crippen molar-refractivity contribution in [2.75, 3.05) is 54.6 Å². The van der Waals surface area contributed by atoms with Crippen molar-refractivity contribution in [1.82, 2.24) is 4.31 Å². The summed E-state index contributed by atoms with van der Waals surface area (Å²) in [5, 5.41) is 0. The Labute approximate surface area is 183 Å². The molecule has 1 N–H and O–H groups in total. The van der Waals surface area contributed by atoms with Gasteiger partial charge in [-0.25, -0.2) is 8.42 Å². The summed E-state index contributed by atoms with van der Waals surface area (Å²) in [5.41, 5.74) is 0.973. The molecule has 1 aliphatic rings. The average molecular weight is 459 g/mol. The summed E-state index contributed by atoms with van der Waals surface area (Å²) < 4.78 is 48.7. The summed E-state index contributed by atoms with van der Waals surface area (Å²) in [6.07, 6.45) is 0. The van der Waals surface area contributed by atoms with Gasteiger partial charge in [0.2, 0.25) is 15.8 Å². The van der Waals surface area contributed by atoms with E-state index in [2.05, 4.69) is 0 Å². The number of nitrogens with one attached hydrogen (secondary N) is 1. The minimum atomic E-state index is -3.53. The first-order chi connectivity index (χ1) is 13.9. The van der Waals surface area contributed by atoms with E-state index in [9.17, 15) is 8.42 Å². The van der Waals surface area contributed by atoms with Crippen LogP contribution in [0.25, 0.3) is 0 Å². The lowest BCUT2D eigenvalue weighted by atomic mass is 10.2. The molecular weight excluding hydrogens is 432 g/mol. The zero-order chi connectivity index (χ0) is 21.0. The number of hydrogen-bond acceptors (Lipinski definition) is 6. The fraction of sp³-hybridized carbons (Fsp3) is 0.400. The Morgan fingerprint density at radius 2 is 1.37 bits per heavy atom. The fourth-order valence-electron chi connectivity index (χ4n) is 3.47. The molecule has 30 heavy (non-hydrogen) atoms. The van der Waals surface area contributed by atoms with Crippen LogP contribution in [0.1, 0.15) is 0 Å². The number of halogens is 1. The molecular formula is C20H27ClN2O6S. The molecule has 1 aliphatic heterocycles. The van der Waals surface area contributed by atoms with Gasteiger partial charge < -0.3 is 36.3 Å². The Balaban J connectivity index is 0.00000320. The third kappa shape index (κ3) is 4.75. The van der Waals surface area contributed by atoms with Crippen LogP contribution in [0.3, 0.4) is 0 Å². The highest BCUT2D eigenvalue weighted by Crippen LogP contribution is 2.39. The van der Waals surface area contributed by atoms with E-state index in [0.717, 1.165) is 10.6 Å². The summed E-state index contributed by atoms with van der Waals surface area (Å²) in [5.74, 6) is 2.34. The van der Waals surface area contributed by atoms with E-state index in [1.807, 2.05) is 12.1 Å². The van der Waals surface area contributed by atoms with Gasteiger partial charge in [-0.05, 0) is 24.3 Å². The Kier molecular flexibility index (Phi) is 8.19. The summed E-state index contributed by atoms with van der Waals surface area (Å²) in [7, 11) is 2.74. The molecule has 166 valence electrons. The van der Waals surface area contributed by atoms with Gasteiger partial charge in [-0.3, -0.25) is 0 Å². The second kappa shape index (κ2) is 10.2. The highest BCUT2D eigenvalue weighted by Gasteiger charge is 2.32. The number of rotatable bonds is 7. The van der Waals surface area contributed by atoms with E-state index < -0.39 is 10.0 Å². The standard InChI is InChI=1S/C20H26N2O6S.ClH/c1-25-16-5-7-17(8-6-16)29(23,24)22-11-9-21(10-12-22)15-13-18(26-2)20(28-4)19(14-15)27-3;/h5-8,13-14H,9-12H2,1-4H3;1H. The van der Waals surface area contributed by atoms with Gasteiger partial charge in [-0.15, -0.1) is 0 Å². The maximum Gasteiger partial charge on any atom is 0.243 e. The van der Waals surface area contributed by atoms with Crippen molar-refractivity contribution < 1.29 is 44.7 Å². The lowest BCUT2D eigenvalue weighted by Crippen LogP contribution is -3.10. The van der Waals surface area contributed by atoms with Crippen molar-refractivity contribution in [2.45, 2.75) is 4.90 Å². The maximum absolute atomic E-state index is 12.9. The second-order valence-corrected chi connectivity index (χ2v) is 8.54. The topological polar surface area (TPSA) is 78.7 Å². The number of benzene rings is 2. The molecule has 1 saturated heterocycles. The zero-order valence-corrected chi connectivity index (χ0v) is 19.0. The second-order valence-electron chi connectivity index (χ2n) is 6.60. The van der Waals surface area contributed by atoms with Crippen molar-refractivity contribution >= 4 is 15.7 Å². The van der Waals surface area contributed by atoms with E-state index in [1.54, 1.807) is 52.7 Å². The minimum Gasteiger partial charge on any atom is -1.00 e. The van der Waals surface area contributed by atoms with Crippen molar-refractivity contribution in [2.24, 2.45) is 0 Å². The SMILES string of the molecule is COc1ccc(S(=O)(=O)N2CC[NH+](c3cc(OC)c(OC)c(OC)c3)CC2)cc1.[Cl-]. The van der Waals surface area contributed by atoms with Crippen LogP contribution in [-0.4, -0.2) is 67.3 Å². The Bertz CT molecular complexity index is 919. The first kappa shape index (κ1) is 24.1. The molecule has 2 aromatic carbocycles. The molecule has 0 saturated carbocycles. The van der Waals surface area contributed by atoms with Gasteiger partial charge in [0, 0.05) is 12.1 Å². The monoisotopic (exact) mass is 458 g/mol. The molecule has 1 heterocycles. The van der Waals surface area contributed by atoms with Crippen LogP contribution in [0, 0.1) is 0 Å². The highest BCUT2D eigenvalue weighted by molar-refractivity contribution is 7.89. The van der Waals surface area contributed by atoms with Crippen molar-refractivity contribution in [3.63, 3.8) is 0 Å². The number of ether oxygens (including phenoxy) is 4. The van der Waals surface area contributed by atoms with Crippen LogP contribution in [0.5, 0.6) is 23.0 Å². The summed E-state index contributed by atoms with van der Waals surface area (Å²) in [6.45, 7) is 2.10. The van der Waals surface area contributed by atoms with E-state index in [-0.39, 0.29) is 17.3 Å². The zero-order valence-electron chi connectivity index (χ0n) is 17.5. The van der Waals surface area contributed by atoms with Gasteiger partial charge in [0.15, 0.2) is 11.5 Å². The highest BCUT2D eigenvalue weighted by atomic mass is 35.5. The van der Waals surface area contributed by atoms with Gasteiger partial charge in [0.25, 0.3) is 0 Å². The quantitative estimate of drug-likeness (QED) is 0.514. The summed E-state index contributed by atoms with van der Waals surface area (Å²) in [4.78, 5) is 1.43. The van der Waals surface area contributed by atoms with Crippen LogP contribution in [0.15, 0.2) is 41.3 Å². The number of quaternary nitrogens is 1. The van der Waals surface area contributed by atoms with Crippen LogP contribution < -0.4 is 36.3 Å². The lowest BCUT2D eigenvalue weighted by Gasteiger charge is -2.31. The normalized spacial score (nSPS) is 15.2. The van der Waals surface area contributed by atoms with Gasteiger partial charge in [0.05, 0.1) is 59.5 Å². The molecule has 0 atom stereocenters. The number of hydrogen-bond donors (Lipinski definition) is 1. The smallest absolute Gasteiger partial charge is 0.243 e. The van der Waals surface area contributed by atoms with E-state index in [1.165, 1.54) is 4.31 Å². The fourth-order valence-corrected chi connectivity index (χ4v) is 4.91. The van der Waals surface area contributed by atoms with Gasteiger partial charge in [0.1, 0.15) is 11.4 Å². The molecule has 2 aromatic rings. The molecule has 0 aliphatic carbocycles. The first-order valence-corrected chi connectivity index (χ1v) is 10.7. The Hall–Kier alpha value is -2.20. The van der Waals surface area contributed by atoms with Crippen LogP contribution in [-0.2, 0) is 10.0 Å². The van der Waals surface area contributed by atoms with Crippen molar-refractivity contribution in [3.05, 3.63) is 36.4 Å². The average Bonchev–Trinajstić information content (AvgIpc) is 2.78. The third-order valence-electron chi connectivity index (χ3n) is 5.10. The van der Waals surface area contributed by atoms with E-state index in [4.69, 9.17) is 18.9 Å². The number of piperazine rings is 1. The van der Waals surface area contributed by atoms with Crippen molar-refractivity contribution in [3.8, 4) is 23.0 Å². The molecule has 0 unspecified atom stereocenters. The molecule has 0 aromatic heterocycles. The van der Waals surface area contributed by atoms with Gasteiger partial charge in [-0.2, -0.15) is 4.31 Å². The molecule has 0 bridgehead atoms. The van der Waals surface area contributed by atoms with Crippen molar-refractivity contribution in [1.29, 1.82) is 0 Å². The summed E-state index contributed by atoms with van der Waals surface area (Å²) >= 11 is 0. The van der Waals surface area contributed by atoms with Crippen LogP contribution in [0.2, 0.25) is 0 Å². The van der Waals surface area contributed by atoms with Crippen LogP contribution in [0.4, 0.5) is 5.69 Å². The molecule has 0 spiro atoms. The largest absolute Gasteiger partial charge is 1.00 e.